The van der Waals surface area contributed by atoms with Crippen LogP contribution in [0.25, 0.3) is 54.8 Å². The van der Waals surface area contributed by atoms with Crippen molar-refractivity contribution in [2.75, 3.05) is 5.32 Å². The first-order valence-corrected chi connectivity index (χ1v) is 15.9. The molecule has 0 fully saturated rings. The van der Waals surface area contributed by atoms with Gasteiger partial charge in [-0.3, -0.25) is 0 Å². The number of hydrogen-bond acceptors (Lipinski definition) is 1. The average molecular weight is 575 g/mol. The maximum atomic E-state index is 3.87. The Labute approximate surface area is 262 Å². The van der Waals surface area contributed by atoms with E-state index in [1.165, 1.54) is 77.1 Å². The molecular weight excluding hydrogens is 544 g/mol. The Kier molecular flexibility index (Phi) is 4.94. The van der Waals surface area contributed by atoms with Crippen molar-refractivity contribution in [2.24, 2.45) is 0 Å². The lowest BCUT2D eigenvalue weighted by Gasteiger charge is -2.31. The monoisotopic (exact) mass is 574 g/mol. The zero-order chi connectivity index (χ0) is 29.7. The van der Waals surface area contributed by atoms with E-state index in [1.54, 1.807) is 0 Å². The lowest BCUT2D eigenvalue weighted by atomic mass is 9.70. The number of aromatic nitrogens is 1. The highest BCUT2D eigenvalue weighted by Crippen LogP contribution is 2.62. The molecule has 1 aromatic heterocycles. The second-order valence-electron chi connectivity index (χ2n) is 12.7. The van der Waals surface area contributed by atoms with Crippen molar-refractivity contribution in [3.63, 3.8) is 0 Å². The predicted octanol–water partition coefficient (Wildman–Crippen LogP) is 11.0. The smallest absolute Gasteiger partial charge is 0.0725 e. The molecule has 10 rings (SSSR count). The molecule has 1 unspecified atom stereocenters. The molecule has 212 valence electrons. The molecule has 1 atom stereocenters. The fourth-order valence-electron chi connectivity index (χ4n) is 8.48. The van der Waals surface area contributed by atoms with E-state index in [4.69, 9.17) is 0 Å². The van der Waals surface area contributed by atoms with Crippen molar-refractivity contribution in [3.8, 4) is 22.3 Å². The van der Waals surface area contributed by atoms with E-state index in [0.29, 0.717) is 0 Å². The van der Waals surface area contributed by atoms with E-state index < -0.39 is 0 Å². The summed E-state index contributed by atoms with van der Waals surface area (Å²) in [6.07, 6.45) is 0. The highest BCUT2D eigenvalue weighted by molar-refractivity contribution is 6.20. The molecule has 1 heterocycles. The Morgan fingerprint density at radius 3 is 1.82 bits per heavy atom. The third-order valence-corrected chi connectivity index (χ3v) is 10.4. The molecule has 0 amide bonds. The number of aromatic amines is 1. The average Bonchev–Trinajstić information content (AvgIpc) is 3.72. The molecule has 45 heavy (non-hydrogen) atoms. The molecule has 2 aliphatic carbocycles. The summed E-state index contributed by atoms with van der Waals surface area (Å²) in [7, 11) is 0. The number of anilines is 1. The molecule has 1 spiro atoms. The van der Waals surface area contributed by atoms with E-state index >= 15 is 0 Å². The van der Waals surface area contributed by atoms with Gasteiger partial charge in [-0.15, -0.1) is 0 Å². The van der Waals surface area contributed by atoms with E-state index in [2.05, 4.69) is 163 Å². The van der Waals surface area contributed by atoms with Crippen LogP contribution in [0.4, 0.5) is 5.69 Å². The van der Waals surface area contributed by atoms with Crippen molar-refractivity contribution in [1.82, 2.24) is 4.98 Å². The summed E-state index contributed by atoms with van der Waals surface area (Å²) in [5, 5.41) is 8.96. The zero-order valence-corrected chi connectivity index (χ0v) is 24.9. The van der Waals surface area contributed by atoms with Gasteiger partial charge in [0, 0.05) is 33.5 Å². The van der Waals surface area contributed by atoms with Gasteiger partial charge < -0.3 is 10.3 Å². The zero-order valence-electron chi connectivity index (χ0n) is 24.9. The van der Waals surface area contributed by atoms with Crippen LogP contribution in [0.2, 0.25) is 0 Å². The second-order valence-corrected chi connectivity index (χ2v) is 12.7. The van der Waals surface area contributed by atoms with Crippen LogP contribution in [0.5, 0.6) is 0 Å². The number of fused-ring (bicyclic) bond motifs is 15. The van der Waals surface area contributed by atoms with E-state index in [0.717, 1.165) is 11.2 Å². The molecule has 2 heteroatoms. The van der Waals surface area contributed by atoms with Crippen LogP contribution in [0.1, 0.15) is 40.8 Å². The van der Waals surface area contributed by atoms with Crippen LogP contribution >= 0.6 is 0 Å². The lowest BCUT2D eigenvalue weighted by Crippen LogP contribution is -2.26. The van der Waals surface area contributed by atoms with E-state index in [-0.39, 0.29) is 11.5 Å². The molecule has 0 bridgehead atoms. The molecule has 2 aliphatic rings. The van der Waals surface area contributed by atoms with Crippen molar-refractivity contribution in [1.29, 1.82) is 0 Å². The first-order valence-electron chi connectivity index (χ1n) is 15.9. The van der Waals surface area contributed by atoms with Gasteiger partial charge in [-0.1, -0.05) is 121 Å². The Morgan fingerprint density at radius 1 is 0.511 bits per heavy atom. The van der Waals surface area contributed by atoms with Crippen molar-refractivity contribution < 1.29 is 0 Å². The molecule has 7 aromatic carbocycles. The number of nitrogens with one attached hydrogen (secondary N) is 2. The van der Waals surface area contributed by atoms with Gasteiger partial charge >= 0.3 is 0 Å². The van der Waals surface area contributed by atoms with Crippen molar-refractivity contribution in [2.45, 2.75) is 18.4 Å². The molecule has 2 N–H and O–H groups in total. The summed E-state index contributed by atoms with van der Waals surface area (Å²) in [5.74, 6) is 0. The van der Waals surface area contributed by atoms with Gasteiger partial charge in [0.25, 0.3) is 0 Å². The van der Waals surface area contributed by atoms with Gasteiger partial charge in [0.15, 0.2) is 0 Å². The second kappa shape index (κ2) is 8.97. The largest absolute Gasteiger partial charge is 0.379 e. The Balaban J connectivity index is 1.11. The summed E-state index contributed by atoms with van der Waals surface area (Å²) < 4.78 is 0. The Morgan fingerprint density at radius 2 is 1.11 bits per heavy atom. The molecule has 0 saturated heterocycles. The number of benzene rings is 7. The maximum Gasteiger partial charge on any atom is 0.0725 e. The standard InChI is InChI=1S/C43H30N2/c1-26(44-29-20-23-40-35(25-29)42-30-11-3-2-10-27(30)19-22-41(42)45-40)28-18-21-34-33-14-6-9-17-38(33)43(39(34)24-28)36-15-7-4-12-31(36)32-13-5-8-16-37(32)43/h2-26,44-45H,1H3. The summed E-state index contributed by atoms with van der Waals surface area (Å²) >= 11 is 0. The van der Waals surface area contributed by atoms with Crippen molar-refractivity contribution >= 4 is 38.3 Å². The van der Waals surface area contributed by atoms with Gasteiger partial charge in [0.1, 0.15) is 0 Å². The summed E-state index contributed by atoms with van der Waals surface area (Å²) in [4.78, 5) is 3.64. The van der Waals surface area contributed by atoms with Gasteiger partial charge in [-0.25, -0.2) is 0 Å². The van der Waals surface area contributed by atoms with E-state index in [9.17, 15) is 0 Å². The molecule has 2 nitrogen and oxygen atoms in total. The number of rotatable bonds is 3. The van der Waals surface area contributed by atoms with Gasteiger partial charge in [-0.05, 0) is 92.0 Å². The molecule has 0 radical (unpaired) electrons. The topological polar surface area (TPSA) is 27.8 Å². The number of hydrogen-bond donors (Lipinski definition) is 2. The molecule has 0 aliphatic heterocycles. The first kappa shape index (κ1) is 24.8. The van der Waals surface area contributed by atoms with Crippen LogP contribution in [0.3, 0.4) is 0 Å². The van der Waals surface area contributed by atoms with Crippen LogP contribution in [0.15, 0.2) is 146 Å². The van der Waals surface area contributed by atoms with Gasteiger partial charge in [-0.2, -0.15) is 0 Å². The minimum Gasteiger partial charge on any atom is -0.379 e. The first-order chi connectivity index (χ1) is 22.2. The van der Waals surface area contributed by atoms with Crippen LogP contribution in [0, 0.1) is 0 Å². The predicted molar refractivity (Wildman–Crippen MR) is 188 cm³/mol. The Bertz CT molecular complexity index is 2430. The normalized spacial score (nSPS) is 14.4. The molecule has 8 aromatic rings. The fourth-order valence-corrected chi connectivity index (χ4v) is 8.48. The highest BCUT2D eigenvalue weighted by Gasteiger charge is 2.51. The van der Waals surface area contributed by atoms with Gasteiger partial charge in [0.05, 0.1) is 5.41 Å². The van der Waals surface area contributed by atoms with Crippen LogP contribution in [-0.2, 0) is 5.41 Å². The van der Waals surface area contributed by atoms with Gasteiger partial charge in [0.2, 0.25) is 0 Å². The quantitative estimate of drug-likeness (QED) is 0.216. The maximum absolute atomic E-state index is 3.87. The number of H-pyrrole nitrogens is 1. The fraction of sp³-hybridized carbons (Fsp3) is 0.0698. The summed E-state index contributed by atoms with van der Waals surface area (Å²) in [6.45, 7) is 2.28. The van der Waals surface area contributed by atoms with Crippen LogP contribution < -0.4 is 5.32 Å². The third kappa shape index (κ3) is 3.24. The molecule has 0 saturated carbocycles. The lowest BCUT2D eigenvalue weighted by molar-refractivity contribution is 0.786. The Hall–Kier alpha value is -5.60. The van der Waals surface area contributed by atoms with Crippen LogP contribution in [-0.4, -0.2) is 4.98 Å². The van der Waals surface area contributed by atoms with E-state index in [1.807, 2.05) is 0 Å². The third-order valence-electron chi connectivity index (χ3n) is 10.4. The summed E-state index contributed by atoms with van der Waals surface area (Å²) in [6, 6.07) is 54.1. The summed E-state index contributed by atoms with van der Waals surface area (Å²) in [5.41, 5.74) is 15.3. The van der Waals surface area contributed by atoms with Crippen molar-refractivity contribution in [3.05, 3.63) is 173 Å². The minimum atomic E-state index is -0.321. The highest BCUT2D eigenvalue weighted by atomic mass is 14.9. The minimum absolute atomic E-state index is 0.113. The molecular formula is C43H30N2. The SMILES string of the molecule is CC(Nc1ccc2[nH]c3ccc4ccccc4c3c2c1)c1ccc2c(c1)C1(c3ccccc3-c3ccccc31)c1ccccc1-2.